The van der Waals surface area contributed by atoms with Gasteiger partial charge in [-0.3, -0.25) is 0 Å². The van der Waals surface area contributed by atoms with Gasteiger partial charge in [0.25, 0.3) is 0 Å². The number of aliphatic imine (C=N–C) groups is 2. The minimum atomic E-state index is -1.11. The molecular weight excluding hydrogens is 292 g/mol. The van der Waals surface area contributed by atoms with E-state index in [9.17, 15) is 9.59 Å². The third-order valence-electron chi connectivity index (χ3n) is 2.88. The number of hydrogen-bond donors (Lipinski definition) is 4. The molecule has 120 valence electrons. The van der Waals surface area contributed by atoms with Crippen molar-refractivity contribution in [2.75, 3.05) is 26.4 Å². The summed E-state index contributed by atoms with van der Waals surface area (Å²) in [6.45, 7) is 0.171. The largest absolute Gasteiger partial charge is 0.396 e. The fraction of sp³-hybridized carbons (Fsp3) is 0.429. The lowest BCUT2D eigenvalue weighted by Crippen LogP contribution is -2.37. The SMILES string of the molecule is Cc1ccc(N=C=O)cc1N=C=O.OCC(CO)(CO)CO. The molecule has 0 aromatic heterocycles. The summed E-state index contributed by atoms with van der Waals surface area (Å²) in [6, 6.07) is 4.88. The van der Waals surface area contributed by atoms with E-state index in [0.717, 1.165) is 5.56 Å². The summed E-state index contributed by atoms with van der Waals surface area (Å²) in [7, 11) is 0. The average Bonchev–Trinajstić information content (AvgIpc) is 2.55. The van der Waals surface area contributed by atoms with Crippen LogP contribution in [-0.2, 0) is 9.59 Å². The van der Waals surface area contributed by atoms with Crippen molar-refractivity contribution in [1.82, 2.24) is 0 Å². The molecule has 1 aromatic carbocycles. The zero-order chi connectivity index (χ0) is 17.0. The molecule has 8 heteroatoms. The summed E-state index contributed by atoms with van der Waals surface area (Å²) in [6.07, 6.45) is 2.84. The predicted molar refractivity (Wildman–Crippen MR) is 77.5 cm³/mol. The maximum absolute atomic E-state index is 10.00. The Morgan fingerprint density at radius 1 is 0.955 bits per heavy atom. The van der Waals surface area contributed by atoms with Gasteiger partial charge >= 0.3 is 0 Å². The van der Waals surface area contributed by atoms with Crippen LogP contribution < -0.4 is 0 Å². The standard InChI is InChI=1S/C9H6N2O2.C5H12O4/c1-7-2-3-8(10-5-12)4-9(7)11-6-13;6-1-5(2-7,3-8)4-9/h2-4H,1H3;6-9H,1-4H2. The number of rotatable bonds is 6. The first-order valence-electron chi connectivity index (χ1n) is 6.22. The number of aliphatic hydroxyl groups excluding tert-OH is 4. The second-order valence-electron chi connectivity index (χ2n) is 4.51. The molecule has 0 bridgehead atoms. The van der Waals surface area contributed by atoms with Gasteiger partial charge in [-0.2, -0.15) is 9.98 Å². The van der Waals surface area contributed by atoms with Crippen LogP contribution in [0.4, 0.5) is 11.4 Å². The Hall–Kier alpha value is -2.18. The highest BCUT2D eigenvalue weighted by Crippen LogP contribution is 2.23. The highest BCUT2D eigenvalue weighted by molar-refractivity contribution is 5.61. The van der Waals surface area contributed by atoms with Crippen molar-refractivity contribution in [2.45, 2.75) is 6.92 Å². The number of isocyanates is 2. The van der Waals surface area contributed by atoms with Gasteiger partial charge < -0.3 is 20.4 Å². The number of aryl methyl sites for hydroxylation is 1. The normalized spacial score (nSPS) is 9.86. The Bertz CT molecular complexity index is 541. The Morgan fingerprint density at radius 3 is 1.82 bits per heavy atom. The van der Waals surface area contributed by atoms with Crippen molar-refractivity contribution < 1.29 is 30.0 Å². The number of carbonyl (C=O) groups excluding carboxylic acids is 2. The smallest absolute Gasteiger partial charge is 0.240 e. The molecule has 22 heavy (non-hydrogen) atoms. The summed E-state index contributed by atoms with van der Waals surface area (Å²) in [5, 5.41) is 34.0. The molecule has 0 unspecified atom stereocenters. The highest BCUT2D eigenvalue weighted by Gasteiger charge is 2.26. The summed E-state index contributed by atoms with van der Waals surface area (Å²) in [4.78, 5) is 26.8. The number of benzene rings is 1. The van der Waals surface area contributed by atoms with Gasteiger partial charge in [0.1, 0.15) is 0 Å². The van der Waals surface area contributed by atoms with E-state index < -0.39 is 31.8 Å². The van der Waals surface area contributed by atoms with Crippen LogP contribution >= 0.6 is 0 Å². The van der Waals surface area contributed by atoms with E-state index in [0.29, 0.717) is 11.4 Å². The zero-order valence-electron chi connectivity index (χ0n) is 12.1. The lowest BCUT2D eigenvalue weighted by molar-refractivity contribution is -0.0328. The van der Waals surface area contributed by atoms with Gasteiger partial charge in [0.15, 0.2) is 0 Å². The first-order valence-corrected chi connectivity index (χ1v) is 6.22. The van der Waals surface area contributed by atoms with Gasteiger partial charge in [-0.25, -0.2) is 9.59 Å². The molecule has 1 aromatic rings. The quantitative estimate of drug-likeness (QED) is 0.426. The lowest BCUT2D eigenvalue weighted by Gasteiger charge is -2.23. The van der Waals surface area contributed by atoms with Gasteiger partial charge in [-0.05, 0) is 24.6 Å². The van der Waals surface area contributed by atoms with Gasteiger partial charge in [0.05, 0.1) is 43.2 Å². The molecule has 0 heterocycles. The molecule has 1 rings (SSSR count). The Kier molecular flexibility index (Phi) is 9.49. The van der Waals surface area contributed by atoms with Crippen LogP contribution in [0.1, 0.15) is 5.56 Å². The van der Waals surface area contributed by atoms with E-state index in [1.54, 1.807) is 19.1 Å². The number of aliphatic hydroxyl groups is 4. The Balaban J connectivity index is 0.000000433. The van der Waals surface area contributed by atoms with Crippen LogP contribution in [-0.4, -0.2) is 59.0 Å². The van der Waals surface area contributed by atoms with Gasteiger partial charge in [0, 0.05) is 0 Å². The molecule has 4 N–H and O–H groups in total. The first-order chi connectivity index (χ1) is 10.5. The molecule has 8 nitrogen and oxygen atoms in total. The molecule has 0 aliphatic carbocycles. The van der Waals surface area contributed by atoms with E-state index in [2.05, 4.69) is 9.98 Å². The molecule has 0 saturated heterocycles. The highest BCUT2D eigenvalue weighted by atomic mass is 16.3. The molecule has 0 radical (unpaired) electrons. The van der Waals surface area contributed by atoms with Crippen LogP contribution in [0.3, 0.4) is 0 Å². The second kappa shape index (κ2) is 10.5. The van der Waals surface area contributed by atoms with E-state index in [-0.39, 0.29) is 0 Å². The second-order valence-corrected chi connectivity index (χ2v) is 4.51. The fourth-order valence-corrected chi connectivity index (χ4v) is 1.19. The third-order valence-corrected chi connectivity index (χ3v) is 2.88. The zero-order valence-corrected chi connectivity index (χ0v) is 12.1. The minimum Gasteiger partial charge on any atom is -0.396 e. The molecular formula is C14H18N2O6. The Labute approximate surface area is 127 Å². The van der Waals surface area contributed by atoms with Crippen molar-refractivity contribution in [1.29, 1.82) is 0 Å². The van der Waals surface area contributed by atoms with Crippen LogP contribution in [0.5, 0.6) is 0 Å². The maximum Gasteiger partial charge on any atom is 0.240 e. The van der Waals surface area contributed by atoms with Crippen LogP contribution in [0.15, 0.2) is 28.2 Å². The molecule has 0 atom stereocenters. The van der Waals surface area contributed by atoms with Crippen molar-refractivity contribution in [3.8, 4) is 0 Å². The fourth-order valence-electron chi connectivity index (χ4n) is 1.19. The van der Waals surface area contributed by atoms with Gasteiger partial charge in [-0.15, -0.1) is 0 Å². The summed E-state index contributed by atoms with van der Waals surface area (Å²) in [5.74, 6) is 0. The average molecular weight is 310 g/mol. The van der Waals surface area contributed by atoms with Gasteiger partial charge in [0.2, 0.25) is 12.2 Å². The minimum absolute atomic E-state index is 0.406. The van der Waals surface area contributed by atoms with Crippen molar-refractivity contribution >= 4 is 23.5 Å². The molecule has 0 amide bonds. The third kappa shape index (κ3) is 6.07. The Morgan fingerprint density at radius 2 is 1.45 bits per heavy atom. The van der Waals surface area contributed by atoms with E-state index in [1.807, 2.05) is 0 Å². The number of nitrogens with zero attached hydrogens (tertiary/aromatic N) is 2. The van der Waals surface area contributed by atoms with Gasteiger partial charge in [-0.1, -0.05) is 6.07 Å². The summed E-state index contributed by atoms with van der Waals surface area (Å²) < 4.78 is 0. The lowest BCUT2D eigenvalue weighted by atomic mass is 9.93. The summed E-state index contributed by atoms with van der Waals surface area (Å²) in [5.41, 5.74) is 0.606. The molecule has 0 aliphatic rings. The van der Waals surface area contributed by atoms with Crippen molar-refractivity contribution in [3.63, 3.8) is 0 Å². The van der Waals surface area contributed by atoms with E-state index in [4.69, 9.17) is 20.4 Å². The maximum atomic E-state index is 10.00. The van der Waals surface area contributed by atoms with Crippen LogP contribution in [0, 0.1) is 12.3 Å². The first kappa shape index (κ1) is 19.8. The molecule has 0 aliphatic heterocycles. The monoisotopic (exact) mass is 310 g/mol. The van der Waals surface area contributed by atoms with Crippen molar-refractivity contribution in [2.24, 2.45) is 15.4 Å². The number of hydrogen-bond acceptors (Lipinski definition) is 8. The van der Waals surface area contributed by atoms with Crippen molar-refractivity contribution in [3.05, 3.63) is 23.8 Å². The topological polar surface area (TPSA) is 140 Å². The summed E-state index contributed by atoms with van der Waals surface area (Å²) >= 11 is 0. The van der Waals surface area contributed by atoms with E-state index >= 15 is 0 Å². The predicted octanol–water partition coefficient (Wildman–Crippen LogP) is -0.128. The van der Waals surface area contributed by atoms with E-state index in [1.165, 1.54) is 18.2 Å². The molecule has 0 saturated carbocycles. The van der Waals surface area contributed by atoms with Crippen LogP contribution in [0.2, 0.25) is 0 Å². The van der Waals surface area contributed by atoms with Crippen LogP contribution in [0.25, 0.3) is 0 Å². The molecule has 0 spiro atoms. The molecule has 0 fully saturated rings.